The summed E-state index contributed by atoms with van der Waals surface area (Å²) in [6, 6.07) is 6.62. The third-order valence-corrected chi connectivity index (χ3v) is 6.58. The zero-order valence-corrected chi connectivity index (χ0v) is 23.1. The van der Waals surface area contributed by atoms with Crippen LogP contribution < -0.4 is 9.80 Å². The number of carbonyl (C=O) groups is 2. The topological polar surface area (TPSA) is 65.6 Å². The van der Waals surface area contributed by atoms with Crippen LogP contribution in [0.2, 0.25) is 0 Å². The van der Waals surface area contributed by atoms with Crippen molar-refractivity contribution in [3.05, 3.63) is 58.2 Å². The maximum absolute atomic E-state index is 14.6. The van der Waals surface area contributed by atoms with E-state index in [-0.39, 0.29) is 23.2 Å². The molecule has 2 fully saturated rings. The van der Waals surface area contributed by atoms with Crippen LogP contribution in [0.25, 0.3) is 0 Å². The molecule has 38 heavy (non-hydrogen) atoms. The summed E-state index contributed by atoms with van der Waals surface area (Å²) < 4.78 is 39.2. The maximum Gasteiger partial charge on any atom is 0.256 e. The van der Waals surface area contributed by atoms with Gasteiger partial charge in [-0.05, 0) is 43.2 Å². The number of rotatable bonds is 4. The highest BCUT2D eigenvalue weighted by Gasteiger charge is 2.23. The lowest BCUT2D eigenvalue weighted by atomic mass is 10.0. The van der Waals surface area contributed by atoms with Crippen LogP contribution in [-0.4, -0.2) is 102 Å². The first-order valence-electron chi connectivity index (χ1n) is 12.7. The van der Waals surface area contributed by atoms with Gasteiger partial charge in [0.25, 0.3) is 11.8 Å². The van der Waals surface area contributed by atoms with Gasteiger partial charge < -0.3 is 29.1 Å². The summed E-state index contributed by atoms with van der Waals surface area (Å²) in [5.41, 5.74) is 3.00. The molecular weight excluding hydrogens is 494 g/mol. The molecule has 4 rings (SSSR count). The molecule has 10 heteroatoms. The van der Waals surface area contributed by atoms with Gasteiger partial charge in [-0.25, -0.2) is 8.78 Å². The molecule has 0 spiro atoms. The molecule has 2 amide bonds. The summed E-state index contributed by atoms with van der Waals surface area (Å²) in [4.78, 5) is 30.9. The van der Waals surface area contributed by atoms with Gasteiger partial charge in [0.2, 0.25) is 0 Å². The van der Waals surface area contributed by atoms with E-state index >= 15 is 0 Å². The summed E-state index contributed by atoms with van der Waals surface area (Å²) in [6.45, 7) is 8.45. The molecule has 0 radical (unpaired) electrons. The minimum atomic E-state index is -0.430. The Morgan fingerprint density at radius 1 is 0.737 bits per heavy atom. The summed E-state index contributed by atoms with van der Waals surface area (Å²) in [5.74, 6) is -1.12. The van der Waals surface area contributed by atoms with Gasteiger partial charge >= 0.3 is 0 Å². The average Bonchev–Trinajstić information content (AvgIpc) is 2.89. The van der Waals surface area contributed by atoms with E-state index in [0.717, 1.165) is 0 Å². The average molecular weight is 533 g/mol. The molecule has 2 aliphatic rings. The Morgan fingerprint density at radius 3 is 1.74 bits per heavy atom. The van der Waals surface area contributed by atoms with Crippen LogP contribution in [0.1, 0.15) is 31.8 Å². The number of aryl methyl sites for hydroxylation is 2. The molecule has 2 aliphatic heterocycles. The van der Waals surface area contributed by atoms with Crippen molar-refractivity contribution in [3.63, 3.8) is 0 Å². The first-order valence-corrected chi connectivity index (χ1v) is 12.7. The number of anilines is 2. The molecule has 0 saturated carbocycles. The van der Waals surface area contributed by atoms with E-state index in [0.29, 0.717) is 80.7 Å². The van der Waals surface area contributed by atoms with E-state index < -0.39 is 5.82 Å². The molecule has 0 unspecified atom stereocenters. The van der Waals surface area contributed by atoms with E-state index in [9.17, 15) is 18.4 Å². The van der Waals surface area contributed by atoms with E-state index in [2.05, 4.69) is 0 Å². The lowest BCUT2D eigenvalue weighted by molar-refractivity contribution is 0.0816. The fourth-order valence-electron chi connectivity index (χ4n) is 4.38. The Kier molecular flexibility index (Phi) is 10.0. The smallest absolute Gasteiger partial charge is 0.256 e. The molecule has 0 N–H and O–H groups in total. The summed E-state index contributed by atoms with van der Waals surface area (Å²) in [5, 5.41) is 0. The second kappa shape index (κ2) is 13.0. The van der Waals surface area contributed by atoms with E-state index in [1.54, 1.807) is 60.2 Å². The molecule has 0 bridgehead atoms. The van der Waals surface area contributed by atoms with Crippen LogP contribution in [-0.2, 0) is 9.47 Å². The van der Waals surface area contributed by atoms with Crippen molar-refractivity contribution in [1.29, 1.82) is 0 Å². The van der Waals surface area contributed by atoms with Gasteiger partial charge in [-0.2, -0.15) is 0 Å². The molecule has 2 aromatic carbocycles. The second-order valence-electron chi connectivity index (χ2n) is 9.81. The summed E-state index contributed by atoms with van der Waals surface area (Å²) >= 11 is 0. The Bertz CT molecular complexity index is 1130. The highest BCUT2D eigenvalue weighted by Crippen LogP contribution is 2.27. The van der Waals surface area contributed by atoms with Crippen molar-refractivity contribution in [3.8, 4) is 0 Å². The lowest BCUT2D eigenvalue weighted by Crippen LogP contribution is -2.37. The largest absolute Gasteiger partial charge is 0.378 e. The molecule has 0 aliphatic carbocycles. The molecule has 2 saturated heterocycles. The number of hydrogen-bond donors (Lipinski definition) is 0. The predicted molar refractivity (Wildman–Crippen MR) is 144 cm³/mol. The first kappa shape index (κ1) is 29.3. The normalized spacial score (nSPS) is 15.5. The Labute approximate surface area is 223 Å². The number of hydrogen-bond acceptors (Lipinski definition) is 6. The lowest BCUT2D eigenvalue weighted by Gasteiger charge is -2.30. The quantitative estimate of drug-likeness (QED) is 0.602. The van der Waals surface area contributed by atoms with Crippen molar-refractivity contribution in [2.24, 2.45) is 0 Å². The minimum absolute atomic E-state index is 0.105. The van der Waals surface area contributed by atoms with Gasteiger partial charge in [-0.1, -0.05) is 6.07 Å². The van der Waals surface area contributed by atoms with Crippen LogP contribution in [0.4, 0.5) is 20.2 Å². The standard InChI is InChI=1S/2C14H19FN2O2/c1-10-8-12(15)13(17-4-6-19-7-5-17)9-11(10)14(18)16(2)3;1-10-4-5-11(17-6-8-19-9-7-17)13(15)12(10)14(18)16(2)3/h8-9H,4-7H2,1-3H3;4-5H,6-9H2,1-3H3. The van der Waals surface area contributed by atoms with Gasteiger partial charge in [0, 0.05) is 59.9 Å². The predicted octanol–water partition coefficient (Wildman–Crippen LogP) is 3.35. The number of morpholine rings is 2. The Balaban J connectivity index is 0.000000211. The van der Waals surface area contributed by atoms with E-state index in [4.69, 9.17) is 9.47 Å². The monoisotopic (exact) mass is 532 g/mol. The zero-order chi connectivity index (χ0) is 28.0. The molecule has 2 heterocycles. The van der Waals surface area contributed by atoms with Gasteiger partial charge in [-0.3, -0.25) is 9.59 Å². The third kappa shape index (κ3) is 6.79. The van der Waals surface area contributed by atoms with Crippen LogP contribution in [0, 0.1) is 25.5 Å². The zero-order valence-electron chi connectivity index (χ0n) is 23.1. The number of carbonyl (C=O) groups excluding carboxylic acids is 2. The highest BCUT2D eigenvalue weighted by molar-refractivity contribution is 5.97. The summed E-state index contributed by atoms with van der Waals surface area (Å²) in [7, 11) is 6.64. The molecule has 0 aromatic heterocycles. The fraction of sp³-hybridized carbons (Fsp3) is 0.500. The SMILES string of the molecule is Cc1cc(F)c(N2CCOCC2)cc1C(=O)N(C)C.Cc1ccc(N2CCOCC2)c(F)c1C(=O)N(C)C. The number of benzene rings is 2. The van der Waals surface area contributed by atoms with Crippen molar-refractivity contribution in [1.82, 2.24) is 9.80 Å². The van der Waals surface area contributed by atoms with Crippen molar-refractivity contribution >= 4 is 23.2 Å². The van der Waals surface area contributed by atoms with Crippen molar-refractivity contribution < 1.29 is 27.8 Å². The molecule has 8 nitrogen and oxygen atoms in total. The summed E-state index contributed by atoms with van der Waals surface area (Å²) in [6.07, 6.45) is 0. The number of nitrogens with zero attached hydrogens (tertiary/aromatic N) is 4. The van der Waals surface area contributed by atoms with Gasteiger partial charge in [0.1, 0.15) is 5.82 Å². The number of halogens is 2. The third-order valence-electron chi connectivity index (χ3n) is 6.58. The Morgan fingerprint density at radius 2 is 1.24 bits per heavy atom. The first-order chi connectivity index (χ1) is 18.0. The van der Waals surface area contributed by atoms with E-state index in [1.807, 2.05) is 9.80 Å². The van der Waals surface area contributed by atoms with Gasteiger partial charge in [0.15, 0.2) is 5.82 Å². The van der Waals surface area contributed by atoms with Crippen LogP contribution in [0.3, 0.4) is 0 Å². The van der Waals surface area contributed by atoms with Gasteiger partial charge in [0.05, 0.1) is 43.4 Å². The van der Waals surface area contributed by atoms with Crippen LogP contribution in [0.15, 0.2) is 24.3 Å². The van der Waals surface area contributed by atoms with Gasteiger partial charge in [-0.15, -0.1) is 0 Å². The molecule has 208 valence electrons. The fourth-order valence-corrected chi connectivity index (χ4v) is 4.38. The van der Waals surface area contributed by atoms with Crippen molar-refractivity contribution in [2.45, 2.75) is 13.8 Å². The Hall–Kier alpha value is -3.24. The molecular formula is C28H38F2N4O4. The van der Waals surface area contributed by atoms with E-state index in [1.165, 1.54) is 15.9 Å². The van der Waals surface area contributed by atoms with Crippen molar-refractivity contribution in [2.75, 3.05) is 90.6 Å². The number of amides is 2. The maximum atomic E-state index is 14.6. The molecule has 0 atom stereocenters. The highest BCUT2D eigenvalue weighted by atomic mass is 19.1. The van der Waals surface area contributed by atoms with Crippen LogP contribution in [0.5, 0.6) is 0 Å². The second-order valence-corrected chi connectivity index (χ2v) is 9.81. The molecule has 2 aromatic rings. The minimum Gasteiger partial charge on any atom is -0.378 e. The van der Waals surface area contributed by atoms with Crippen LogP contribution >= 0.6 is 0 Å². The number of ether oxygens (including phenoxy) is 2.